The van der Waals surface area contributed by atoms with Gasteiger partial charge in [0.1, 0.15) is 0 Å². The Balaban J connectivity index is 3.08. The summed E-state index contributed by atoms with van der Waals surface area (Å²) >= 11 is 6.73. The Morgan fingerprint density at radius 2 is 2.17 bits per heavy atom. The van der Waals surface area contributed by atoms with Crippen LogP contribution in [0.2, 0.25) is 0 Å². The van der Waals surface area contributed by atoms with Gasteiger partial charge in [0.15, 0.2) is 0 Å². The Hall–Kier alpha value is -0.0900. The molecule has 0 saturated carbocycles. The van der Waals surface area contributed by atoms with Crippen molar-refractivity contribution in [2.75, 3.05) is 5.73 Å². The van der Waals surface area contributed by atoms with Crippen molar-refractivity contribution in [2.45, 2.75) is 19.8 Å². The number of hydrogen-bond acceptors (Lipinski definition) is 2. The molecular weight excluding hydrogens is 284 g/mol. The van der Waals surface area contributed by atoms with E-state index in [2.05, 4.69) is 43.8 Å². The number of halogens is 2. The molecule has 0 bridgehead atoms. The molecule has 0 aliphatic rings. The van der Waals surface area contributed by atoms with Gasteiger partial charge in [-0.25, -0.2) is 0 Å². The lowest BCUT2D eigenvalue weighted by Crippen LogP contribution is -1.96. The van der Waals surface area contributed by atoms with Crippen molar-refractivity contribution < 1.29 is 0 Å². The molecule has 0 aliphatic heterocycles. The molecule has 0 saturated heterocycles. The number of rotatable bonds is 2. The van der Waals surface area contributed by atoms with Crippen molar-refractivity contribution in [3.8, 4) is 0 Å². The number of aromatic nitrogens is 1. The summed E-state index contributed by atoms with van der Waals surface area (Å²) in [7, 11) is 0. The largest absolute Gasteiger partial charge is 0.397 e. The van der Waals surface area contributed by atoms with E-state index in [9.17, 15) is 0 Å². The average Bonchev–Trinajstić information content (AvgIpc) is 2.07. The minimum absolute atomic E-state index is 0.730. The van der Waals surface area contributed by atoms with Crippen molar-refractivity contribution in [3.05, 3.63) is 20.8 Å². The predicted molar refractivity (Wildman–Crippen MR) is 58.0 cm³/mol. The lowest BCUT2D eigenvalue weighted by molar-refractivity contribution is 0.876. The summed E-state index contributed by atoms with van der Waals surface area (Å²) in [6.07, 6.45) is 3.77. The molecule has 2 N–H and O–H groups in total. The summed E-state index contributed by atoms with van der Waals surface area (Å²) in [5, 5.41) is 0. The van der Waals surface area contributed by atoms with Crippen molar-refractivity contribution >= 4 is 37.5 Å². The average molecular weight is 294 g/mol. The Morgan fingerprint density at radius 3 is 2.75 bits per heavy atom. The second kappa shape index (κ2) is 4.23. The molecule has 1 aromatic heterocycles. The Labute approximate surface area is 88.8 Å². The highest BCUT2D eigenvalue weighted by Crippen LogP contribution is 2.29. The maximum atomic E-state index is 5.78. The maximum absolute atomic E-state index is 5.78. The third-order valence-corrected chi connectivity index (χ3v) is 3.08. The monoisotopic (exact) mass is 292 g/mol. The lowest BCUT2D eigenvalue weighted by atomic mass is 10.2. The van der Waals surface area contributed by atoms with Gasteiger partial charge in [-0.3, -0.25) is 4.98 Å². The summed E-state index contributed by atoms with van der Waals surface area (Å²) in [5.41, 5.74) is 7.54. The summed E-state index contributed by atoms with van der Waals surface area (Å²) in [5.74, 6) is 0. The van der Waals surface area contributed by atoms with Crippen molar-refractivity contribution in [2.24, 2.45) is 0 Å². The number of aryl methyl sites for hydroxylation is 1. The van der Waals surface area contributed by atoms with Crippen LogP contribution in [-0.4, -0.2) is 4.98 Å². The van der Waals surface area contributed by atoms with E-state index < -0.39 is 0 Å². The molecule has 0 fully saturated rings. The Bertz CT molecular complexity index is 287. The molecular formula is C8H10Br2N2. The summed E-state index contributed by atoms with van der Waals surface area (Å²) in [6.45, 7) is 2.12. The normalized spacial score (nSPS) is 10.2. The van der Waals surface area contributed by atoms with Gasteiger partial charge in [0.2, 0.25) is 0 Å². The third-order valence-electron chi connectivity index (χ3n) is 1.57. The van der Waals surface area contributed by atoms with Gasteiger partial charge in [-0.2, -0.15) is 0 Å². The highest BCUT2D eigenvalue weighted by atomic mass is 79.9. The molecule has 1 rings (SSSR count). The summed E-state index contributed by atoms with van der Waals surface area (Å²) in [4.78, 5) is 4.25. The second-order valence-corrected chi connectivity index (χ2v) is 4.18. The van der Waals surface area contributed by atoms with Crippen LogP contribution in [0.5, 0.6) is 0 Å². The molecule has 1 aromatic rings. The first-order valence-electron chi connectivity index (χ1n) is 3.75. The van der Waals surface area contributed by atoms with E-state index >= 15 is 0 Å². The highest BCUT2D eigenvalue weighted by Gasteiger charge is 2.06. The molecule has 12 heavy (non-hydrogen) atoms. The van der Waals surface area contributed by atoms with Crippen molar-refractivity contribution in [1.29, 1.82) is 0 Å². The van der Waals surface area contributed by atoms with Crippen LogP contribution in [0.4, 0.5) is 5.69 Å². The van der Waals surface area contributed by atoms with E-state index in [1.165, 1.54) is 0 Å². The van der Waals surface area contributed by atoms with Crippen LogP contribution in [0, 0.1) is 0 Å². The van der Waals surface area contributed by atoms with E-state index in [1.807, 2.05) is 0 Å². The van der Waals surface area contributed by atoms with Gasteiger partial charge < -0.3 is 5.73 Å². The zero-order valence-corrected chi connectivity index (χ0v) is 9.94. The first-order chi connectivity index (χ1) is 5.66. The van der Waals surface area contributed by atoms with E-state index in [-0.39, 0.29) is 0 Å². The zero-order chi connectivity index (χ0) is 9.14. The van der Waals surface area contributed by atoms with Gasteiger partial charge in [-0.05, 0) is 38.3 Å². The van der Waals surface area contributed by atoms with Crippen LogP contribution in [0.25, 0.3) is 0 Å². The lowest BCUT2D eigenvalue weighted by Gasteiger charge is -2.05. The standard InChI is InChI=1S/C8H10Br2N2/c1-2-3-6-7(10)8(11)5(9)4-12-6/h4H,2-3H2,1H3,(H2,11,12). The van der Waals surface area contributed by atoms with Gasteiger partial charge in [0.25, 0.3) is 0 Å². The molecule has 4 heteroatoms. The maximum Gasteiger partial charge on any atom is 0.0637 e. The molecule has 0 radical (unpaired) electrons. The number of hydrogen-bond donors (Lipinski definition) is 1. The Kier molecular flexibility index (Phi) is 3.53. The van der Waals surface area contributed by atoms with E-state index in [1.54, 1.807) is 6.20 Å². The molecule has 66 valence electrons. The van der Waals surface area contributed by atoms with Gasteiger partial charge in [-0.15, -0.1) is 0 Å². The van der Waals surface area contributed by atoms with Crippen molar-refractivity contribution in [1.82, 2.24) is 4.98 Å². The highest BCUT2D eigenvalue weighted by molar-refractivity contribution is 9.11. The fourth-order valence-corrected chi connectivity index (χ4v) is 2.01. The molecule has 2 nitrogen and oxygen atoms in total. The van der Waals surface area contributed by atoms with Gasteiger partial charge in [-0.1, -0.05) is 13.3 Å². The van der Waals surface area contributed by atoms with Crippen LogP contribution in [0.15, 0.2) is 15.1 Å². The fourth-order valence-electron chi connectivity index (χ4n) is 0.932. The number of pyridine rings is 1. The molecule has 1 heterocycles. The topological polar surface area (TPSA) is 38.9 Å². The zero-order valence-electron chi connectivity index (χ0n) is 6.77. The molecule has 0 spiro atoms. The van der Waals surface area contributed by atoms with E-state index in [4.69, 9.17) is 5.73 Å². The Morgan fingerprint density at radius 1 is 1.50 bits per heavy atom. The van der Waals surface area contributed by atoms with Gasteiger partial charge in [0, 0.05) is 6.20 Å². The molecule has 0 aromatic carbocycles. The quantitative estimate of drug-likeness (QED) is 0.910. The van der Waals surface area contributed by atoms with Gasteiger partial charge in [0.05, 0.1) is 20.3 Å². The molecule has 0 unspecified atom stereocenters. The van der Waals surface area contributed by atoms with Crippen LogP contribution in [0.1, 0.15) is 19.0 Å². The SMILES string of the molecule is CCCc1ncc(Br)c(N)c1Br. The van der Waals surface area contributed by atoms with E-state index in [0.717, 1.165) is 33.2 Å². The third kappa shape index (κ3) is 1.98. The minimum atomic E-state index is 0.730. The summed E-state index contributed by atoms with van der Waals surface area (Å²) in [6, 6.07) is 0. The number of nitrogens with zero attached hydrogens (tertiary/aromatic N) is 1. The van der Waals surface area contributed by atoms with Gasteiger partial charge >= 0.3 is 0 Å². The molecule has 0 amide bonds. The van der Waals surface area contributed by atoms with Crippen LogP contribution in [-0.2, 0) is 6.42 Å². The molecule has 0 atom stereocenters. The second-order valence-electron chi connectivity index (χ2n) is 2.53. The minimum Gasteiger partial charge on any atom is -0.397 e. The summed E-state index contributed by atoms with van der Waals surface area (Å²) < 4.78 is 1.76. The number of nitrogen functional groups attached to an aromatic ring is 1. The smallest absolute Gasteiger partial charge is 0.0637 e. The van der Waals surface area contributed by atoms with Crippen LogP contribution < -0.4 is 5.73 Å². The molecule has 0 aliphatic carbocycles. The van der Waals surface area contributed by atoms with Crippen LogP contribution in [0.3, 0.4) is 0 Å². The number of anilines is 1. The predicted octanol–water partition coefficient (Wildman–Crippen LogP) is 3.14. The van der Waals surface area contributed by atoms with Crippen LogP contribution >= 0.6 is 31.9 Å². The van der Waals surface area contributed by atoms with Crippen molar-refractivity contribution in [3.63, 3.8) is 0 Å². The first-order valence-corrected chi connectivity index (χ1v) is 5.33. The number of nitrogens with two attached hydrogens (primary N) is 1. The first kappa shape index (κ1) is 9.99. The van der Waals surface area contributed by atoms with E-state index in [0.29, 0.717) is 0 Å². The fraction of sp³-hybridized carbons (Fsp3) is 0.375.